The largest absolute Gasteiger partial charge is 1.00 e. The van der Waals surface area contributed by atoms with Gasteiger partial charge in [0.05, 0.1) is 0 Å². The molecule has 0 saturated heterocycles. The minimum Gasteiger partial charge on any atom is -1.00 e. The molecular weight excluding hydrogens is 194 g/mol. The Morgan fingerprint density at radius 2 is 1.36 bits per heavy atom. The highest BCUT2D eigenvalue weighted by molar-refractivity contribution is 5.01. The molecule has 4 saturated carbocycles. The molecule has 4 fully saturated rings. The van der Waals surface area contributed by atoms with Crippen LogP contribution in [0.4, 0.5) is 0 Å². The second-order valence-electron chi connectivity index (χ2n) is 5.96. The lowest BCUT2D eigenvalue weighted by Crippen LogP contribution is -3.00. The Morgan fingerprint density at radius 3 is 1.71 bits per heavy atom. The van der Waals surface area contributed by atoms with Gasteiger partial charge >= 0.3 is 0 Å². The van der Waals surface area contributed by atoms with Gasteiger partial charge in [-0.3, -0.25) is 0 Å². The highest BCUT2D eigenvalue weighted by Gasteiger charge is 2.50. The molecule has 0 aromatic rings. The molecule has 0 radical (unpaired) electrons. The Balaban J connectivity index is 0.000000750. The summed E-state index contributed by atoms with van der Waals surface area (Å²) in [6.45, 7) is 0.923. The quantitative estimate of drug-likeness (QED) is 0.663. The van der Waals surface area contributed by atoms with E-state index in [1.807, 2.05) is 0 Å². The molecule has 0 heterocycles. The molecule has 4 aliphatic carbocycles. The van der Waals surface area contributed by atoms with Crippen molar-refractivity contribution in [2.24, 2.45) is 28.9 Å². The van der Waals surface area contributed by atoms with Crippen molar-refractivity contribution in [1.82, 2.24) is 0 Å². The number of halogens is 1. The van der Waals surface area contributed by atoms with Gasteiger partial charge in [-0.25, -0.2) is 0 Å². The molecule has 1 nitrogen and oxygen atoms in total. The van der Waals surface area contributed by atoms with Gasteiger partial charge in [0, 0.05) is 0 Å². The molecular formula is C12H21ClN-. The van der Waals surface area contributed by atoms with Crippen LogP contribution in [-0.4, -0.2) is 6.54 Å². The number of rotatable bonds is 2. The van der Waals surface area contributed by atoms with Crippen LogP contribution in [0.1, 0.15) is 44.9 Å². The molecule has 0 aromatic heterocycles. The fourth-order valence-electron chi connectivity index (χ4n) is 4.90. The molecule has 4 bridgehead atoms. The third-order valence-electron chi connectivity index (χ3n) is 4.84. The molecule has 4 rings (SSSR count). The van der Waals surface area contributed by atoms with Gasteiger partial charge in [-0.15, -0.1) is 0 Å². The van der Waals surface area contributed by atoms with Gasteiger partial charge in [-0.1, -0.05) is 0 Å². The smallest absolute Gasteiger partial charge is 0.00720 e. The summed E-state index contributed by atoms with van der Waals surface area (Å²) >= 11 is 0. The second-order valence-corrected chi connectivity index (χ2v) is 5.96. The zero-order valence-corrected chi connectivity index (χ0v) is 9.60. The monoisotopic (exact) mass is 214 g/mol. The summed E-state index contributed by atoms with van der Waals surface area (Å²) in [5.74, 6) is 3.29. The van der Waals surface area contributed by atoms with E-state index in [-0.39, 0.29) is 12.4 Å². The van der Waals surface area contributed by atoms with Gasteiger partial charge < -0.3 is 18.1 Å². The number of nitrogens with two attached hydrogens (primary N) is 1. The van der Waals surface area contributed by atoms with E-state index in [0.717, 1.165) is 29.7 Å². The van der Waals surface area contributed by atoms with Crippen molar-refractivity contribution in [1.29, 1.82) is 0 Å². The van der Waals surface area contributed by atoms with Crippen LogP contribution in [0.25, 0.3) is 0 Å². The molecule has 2 heteroatoms. The maximum atomic E-state index is 5.75. The Bertz CT molecular complexity index is 179. The first kappa shape index (κ1) is 10.8. The highest BCUT2D eigenvalue weighted by Crippen LogP contribution is 2.61. The topological polar surface area (TPSA) is 26.0 Å². The SMILES string of the molecule is NCCC12CC3CC(CC(C3)C1)C2.[Cl-]. The van der Waals surface area contributed by atoms with Gasteiger partial charge in [0.25, 0.3) is 0 Å². The van der Waals surface area contributed by atoms with E-state index in [1.54, 1.807) is 19.3 Å². The summed E-state index contributed by atoms with van der Waals surface area (Å²) in [6.07, 6.45) is 10.6. The zero-order valence-electron chi connectivity index (χ0n) is 8.84. The fourth-order valence-corrected chi connectivity index (χ4v) is 4.90. The van der Waals surface area contributed by atoms with Crippen molar-refractivity contribution in [2.45, 2.75) is 44.9 Å². The van der Waals surface area contributed by atoms with Gasteiger partial charge in [0.1, 0.15) is 0 Å². The predicted molar refractivity (Wildman–Crippen MR) is 54.3 cm³/mol. The van der Waals surface area contributed by atoms with Crippen LogP contribution in [0.3, 0.4) is 0 Å². The molecule has 0 unspecified atom stereocenters. The third-order valence-corrected chi connectivity index (χ3v) is 4.84. The molecule has 0 aliphatic heterocycles. The van der Waals surface area contributed by atoms with E-state index in [4.69, 9.17) is 5.73 Å². The van der Waals surface area contributed by atoms with Crippen molar-refractivity contribution >= 4 is 0 Å². The van der Waals surface area contributed by atoms with E-state index < -0.39 is 0 Å². The average Bonchev–Trinajstić information content (AvgIpc) is 2.00. The van der Waals surface area contributed by atoms with Crippen molar-refractivity contribution in [3.8, 4) is 0 Å². The lowest BCUT2D eigenvalue weighted by atomic mass is 9.49. The molecule has 0 aromatic carbocycles. The molecule has 0 amide bonds. The Labute approximate surface area is 93.2 Å². The first-order valence-electron chi connectivity index (χ1n) is 6.00. The highest BCUT2D eigenvalue weighted by atomic mass is 35.5. The number of hydrogen-bond donors (Lipinski definition) is 1. The van der Waals surface area contributed by atoms with Gasteiger partial charge in [-0.05, 0) is 74.7 Å². The molecule has 82 valence electrons. The minimum absolute atomic E-state index is 0. The molecule has 0 atom stereocenters. The van der Waals surface area contributed by atoms with Crippen molar-refractivity contribution < 1.29 is 12.4 Å². The lowest BCUT2D eigenvalue weighted by Gasteiger charge is -2.57. The minimum atomic E-state index is 0. The Kier molecular flexibility index (Phi) is 2.83. The summed E-state index contributed by atoms with van der Waals surface area (Å²) in [5, 5.41) is 0. The Morgan fingerprint density at radius 1 is 0.929 bits per heavy atom. The van der Waals surface area contributed by atoms with Crippen LogP contribution < -0.4 is 18.1 Å². The standard InChI is InChI=1S/C12H21N.ClH/c13-2-1-12-6-9-3-10(7-12)5-11(4-9)8-12;/h9-11H,1-8,13H2;1H/p-1. The third kappa shape index (κ3) is 1.59. The second kappa shape index (κ2) is 3.68. The summed E-state index contributed by atoms with van der Waals surface area (Å²) < 4.78 is 0. The van der Waals surface area contributed by atoms with Crippen LogP contribution in [0, 0.1) is 23.2 Å². The normalized spacial score (nSPS) is 49.1. The van der Waals surface area contributed by atoms with Crippen LogP contribution in [0.15, 0.2) is 0 Å². The van der Waals surface area contributed by atoms with E-state index in [9.17, 15) is 0 Å². The van der Waals surface area contributed by atoms with Crippen LogP contribution in [-0.2, 0) is 0 Å². The number of hydrogen-bond acceptors (Lipinski definition) is 1. The maximum absolute atomic E-state index is 5.75. The fraction of sp³-hybridized carbons (Fsp3) is 1.00. The average molecular weight is 215 g/mol. The summed E-state index contributed by atoms with van der Waals surface area (Å²) in [5.41, 5.74) is 6.48. The van der Waals surface area contributed by atoms with E-state index in [2.05, 4.69) is 0 Å². The van der Waals surface area contributed by atoms with Crippen molar-refractivity contribution in [3.63, 3.8) is 0 Å². The van der Waals surface area contributed by atoms with E-state index >= 15 is 0 Å². The molecule has 4 aliphatic rings. The Hall–Kier alpha value is 0.250. The van der Waals surface area contributed by atoms with Gasteiger partial charge in [0.2, 0.25) is 0 Å². The predicted octanol–water partition coefficient (Wildman–Crippen LogP) is -0.444. The molecule has 14 heavy (non-hydrogen) atoms. The van der Waals surface area contributed by atoms with Crippen LogP contribution in [0.5, 0.6) is 0 Å². The van der Waals surface area contributed by atoms with Gasteiger partial charge in [-0.2, -0.15) is 0 Å². The summed E-state index contributed by atoms with van der Waals surface area (Å²) in [7, 11) is 0. The van der Waals surface area contributed by atoms with Crippen LogP contribution >= 0.6 is 0 Å². The lowest BCUT2D eigenvalue weighted by molar-refractivity contribution is -0.0557. The first-order chi connectivity index (χ1) is 6.30. The van der Waals surface area contributed by atoms with Crippen LogP contribution in [0.2, 0.25) is 0 Å². The molecule has 0 spiro atoms. The van der Waals surface area contributed by atoms with Crippen molar-refractivity contribution in [3.05, 3.63) is 0 Å². The molecule has 2 N–H and O–H groups in total. The van der Waals surface area contributed by atoms with Gasteiger partial charge in [0.15, 0.2) is 0 Å². The van der Waals surface area contributed by atoms with E-state index in [0.29, 0.717) is 0 Å². The zero-order chi connectivity index (χ0) is 8.89. The maximum Gasteiger partial charge on any atom is -0.00720 e. The van der Waals surface area contributed by atoms with Crippen molar-refractivity contribution in [2.75, 3.05) is 6.54 Å². The van der Waals surface area contributed by atoms with E-state index in [1.165, 1.54) is 25.7 Å². The summed E-state index contributed by atoms with van der Waals surface area (Å²) in [4.78, 5) is 0. The first-order valence-corrected chi connectivity index (χ1v) is 6.00. The summed E-state index contributed by atoms with van der Waals surface area (Å²) in [6, 6.07) is 0.